The third-order valence-electron chi connectivity index (χ3n) is 7.03. The zero-order valence-electron chi connectivity index (χ0n) is 20.5. The van der Waals surface area contributed by atoms with Crippen LogP contribution in [0.25, 0.3) is 0 Å². The second kappa shape index (κ2) is 8.72. The Kier molecular flexibility index (Phi) is 7.00. The van der Waals surface area contributed by atoms with E-state index in [1.54, 1.807) is 0 Å². The number of piperidine rings is 1. The van der Waals surface area contributed by atoms with Crippen LogP contribution in [0.4, 0.5) is 0 Å². The van der Waals surface area contributed by atoms with Crippen LogP contribution in [0.1, 0.15) is 17.5 Å². The molecule has 1 saturated heterocycles. The number of ether oxygens (including phenoxy) is 2. The second-order valence-electron chi connectivity index (χ2n) is 9.44. The molecular weight excluding hydrogens is 578 g/mol. The number of aromatic hydroxyl groups is 2. The van der Waals surface area contributed by atoms with Crippen LogP contribution < -0.4 is 9.47 Å². The maximum absolute atomic E-state index is 13.2. The first-order valence-corrected chi connectivity index (χ1v) is 10.7. The summed E-state index contributed by atoms with van der Waals surface area (Å²) < 4.78 is 9.54. The van der Waals surface area contributed by atoms with Crippen molar-refractivity contribution >= 4 is 5.78 Å². The molecule has 0 saturated carbocycles. The zero-order valence-corrected chi connectivity index (χ0v) is 20.5. The number of phenols is 2. The number of phenolic OH excluding ortho intramolecular Hbond substituents is 2. The molecule has 0 aromatic heterocycles. The van der Waals surface area contributed by atoms with E-state index in [-0.39, 0.29) is 0 Å². The van der Waals surface area contributed by atoms with Crippen molar-refractivity contribution in [3.63, 3.8) is 0 Å². The van der Waals surface area contributed by atoms with Crippen LogP contribution in [0.5, 0.6) is 23.0 Å². The smallest absolute Gasteiger partial charge is 0.320 e. The molecule has 1 aromatic rings. The van der Waals surface area contributed by atoms with E-state index < -0.39 is 104 Å². The van der Waals surface area contributed by atoms with E-state index in [0.717, 1.165) is 14.2 Å². The third kappa shape index (κ3) is 3.71. The number of benzene rings is 1. The molecule has 0 bridgehead atoms. The molecule has 0 spiro atoms. The molecule has 18 N–H and O–H groups in total. The highest BCUT2D eigenvalue weighted by molar-refractivity contribution is 5.86. The Bertz CT molecular complexity index is 1240. The van der Waals surface area contributed by atoms with E-state index in [4.69, 9.17) is 9.47 Å². The minimum absolute atomic E-state index is 0.814. The number of hydrogen-bond donors (Lipinski definition) is 18. The predicted molar refractivity (Wildman–Crippen MR) is 113 cm³/mol. The fourth-order valence-corrected chi connectivity index (χ4v) is 5.26. The van der Waals surface area contributed by atoms with E-state index in [2.05, 4.69) is 0 Å². The van der Waals surface area contributed by atoms with Crippen molar-refractivity contribution in [2.75, 3.05) is 14.2 Å². The Hall–Kier alpha value is -2.59. The van der Waals surface area contributed by atoms with Gasteiger partial charge in [0.1, 0.15) is 5.92 Å². The first-order chi connectivity index (χ1) is 18.1. The lowest BCUT2D eigenvalue weighted by Crippen LogP contribution is -2.88. The Morgan fingerprint density at radius 3 is 1.49 bits per heavy atom. The van der Waals surface area contributed by atoms with Crippen LogP contribution in [0.3, 0.4) is 0 Å². The molecule has 2 atom stereocenters. The van der Waals surface area contributed by atoms with Crippen LogP contribution in [0.15, 0.2) is 0 Å². The molecule has 1 aromatic carbocycles. The Morgan fingerprint density at radius 2 is 1.12 bits per heavy atom. The molecule has 0 amide bonds. The topological polar surface area (TPSA) is 403 Å². The molecule has 41 heavy (non-hydrogen) atoms. The fraction of sp³-hybridized carbons (Fsp3) is 0.632. The molecule has 22 nitrogen and oxygen atoms in total. The highest BCUT2D eigenvalue weighted by atomic mass is 16.8. The average molecular weight is 605 g/mol. The number of aliphatic hydroxyl groups is 16. The van der Waals surface area contributed by atoms with Gasteiger partial charge in [-0.1, -0.05) is 0 Å². The summed E-state index contributed by atoms with van der Waals surface area (Å²) >= 11 is 0. The first kappa shape index (κ1) is 32.9. The van der Waals surface area contributed by atoms with Gasteiger partial charge in [-0.2, -0.15) is 4.90 Å². The molecule has 2 aliphatic heterocycles. The summed E-state index contributed by atoms with van der Waals surface area (Å²) in [7, 11) is 1.64. The van der Waals surface area contributed by atoms with E-state index in [1.807, 2.05) is 0 Å². The van der Waals surface area contributed by atoms with Crippen molar-refractivity contribution in [2.45, 2.75) is 53.1 Å². The summed E-state index contributed by atoms with van der Waals surface area (Å²) in [5.74, 6) is -41.6. The largest absolute Gasteiger partial charge is 0.504 e. The van der Waals surface area contributed by atoms with E-state index >= 15 is 0 Å². The highest BCUT2D eigenvalue weighted by Gasteiger charge is 2.84. The van der Waals surface area contributed by atoms with Crippen LogP contribution in [0, 0.1) is 5.92 Å². The number of methoxy groups -OCH3 is 2. The summed E-state index contributed by atoms with van der Waals surface area (Å²) in [6.45, 7) is 0. The van der Waals surface area contributed by atoms with Gasteiger partial charge < -0.3 is 101 Å². The zero-order chi connectivity index (χ0) is 32.3. The average Bonchev–Trinajstić information content (AvgIpc) is 2.74. The van der Waals surface area contributed by atoms with Gasteiger partial charge in [-0.25, -0.2) is 0 Å². The van der Waals surface area contributed by atoms with Crippen molar-refractivity contribution in [1.29, 1.82) is 0 Å². The number of fused-ring (bicyclic) bond motifs is 3. The van der Waals surface area contributed by atoms with Crippen molar-refractivity contribution < 1.29 is 106 Å². The van der Waals surface area contributed by atoms with E-state index in [0.29, 0.717) is 0 Å². The molecular formula is C19H27NO21. The molecule has 3 rings (SSSR count). The van der Waals surface area contributed by atoms with Crippen molar-refractivity contribution in [2.24, 2.45) is 5.92 Å². The first-order valence-electron chi connectivity index (χ1n) is 10.7. The van der Waals surface area contributed by atoms with Gasteiger partial charge in [-0.05, 0) is 0 Å². The van der Waals surface area contributed by atoms with Crippen LogP contribution in [-0.4, -0.2) is 152 Å². The van der Waals surface area contributed by atoms with E-state index in [9.17, 15) is 96.7 Å². The third-order valence-corrected chi connectivity index (χ3v) is 7.03. The highest BCUT2D eigenvalue weighted by Crippen LogP contribution is 2.64. The standard InChI is InChI=1S/C19H27NO21/c1-40-9-7(22)5-6(8(23)10(9)41-2)13(25,26)17(32,33)20-12(5,24)3-4(21)11(15(20,29)30)14(27,28)16(31,18(34,35)36)19(37,38)39/h11,22-39H,3H2,1-2H3. The van der Waals surface area contributed by atoms with Crippen molar-refractivity contribution in [3.8, 4) is 23.0 Å². The molecule has 2 unspecified atom stereocenters. The number of ketones is 1. The van der Waals surface area contributed by atoms with Gasteiger partial charge in [-0.3, -0.25) is 4.79 Å². The van der Waals surface area contributed by atoms with Crippen molar-refractivity contribution in [3.05, 3.63) is 11.1 Å². The Balaban J connectivity index is 2.49. The quantitative estimate of drug-likeness (QED) is 0.106. The number of Topliss-reactive ketones (excluding diaryl/α,β-unsaturated/α-hetero) is 1. The number of carbonyl (C=O) groups excluding carboxylic acids is 1. The van der Waals surface area contributed by atoms with Gasteiger partial charge in [0.25, 0.3) is 17.3 Å². The van der Waals surface area contributed by atoms with Gasteiger partial charge in [0.05, 0.1) is 31.8 Å². The lowest BCUT2D eigenvalue weighted by Gasteiger charge is -2.63. The molecule has 234 valence electrons. The van der Waals surface area contributed by atoms with Crippen LogP contribution in [-0.2, 0) is 16.3 Å². The molecule has 0 aliphatic carbocycles. The Morgan fingerprint density at radius 1 is 0.732 bits per heavy atom. The summed E-state index contributed by atoms with van der Waals surface area (Å²) in [5.41, 5.74) is -12.6. The monoisotopic (exact) mass is 605 g/mol. The number of rotatable bonds is 6. The predicted octanol–water partition coefficient (Wildman–Crippen LogP) is -9.75. The normalized spacial score (nSPS) is 26.3. The van der Waals surface area contributed by atoms with Gasteiger partial charge in [0, 0.05) is 0 Å². The second-order valence-corrected chi connectivity index (χ2v) is 9.44. The number of nitrogens with zero attached hydrogens (tertiary/aromatic N) is 1. The maximum atomic E-state index is 13.2. The summed E-state index contributed by atoms with van der Waals surface area (Å²) in [5, 5.41) is 186. The van der Waals surface area contributed by atoms with E-state index in [1.165, 1.54) is 0 Å². The van der Waals surface area contributed by atoms with Crippen LogP contribution >= 0.6 is 0 Å². The summed E-state index contributed by atoms with van der Waals surface area (Å²) in [4.78, 5) is 12.0. The van der Waals surface area contributed by atoms with Gasteiger partial charge >= 0.3 is 11.9 Å². The number of carbonyl (C=O) groups is 1. The molecule has 2 aliphatic rings. The molecule has 1 fully saturated rings. The lowest BCUT2D eigenvalue weighted by molar-refractivity contribution is -0.567. The molecule has 2 heterocycles. The summed E-state index contributed by atoms with van der Waals surface area (Å²) in [6.07, 6.45) is -2.03. The fourth-order valence-electron chi connectivity index (χ4n) is 5.26. The molecule has 0 radical (unpaired) electrons. The maximum Gasteiger partial charge on any atom is 0.320 e. The SMILES string of the molecule is COc1c(O)c2c(c(O)c1OC)C(O)(O)C(O)(O)N1C2(O)CC(=O)C(C(O)(O)C(O)(C(O)(O)O)C(O)(O)O)C1(O)O. The summed E-state index contributed by atoms with van der Waals surface area (Å²) in [6, 6.07) is 0. The van der Waals surface area contributed by atoms with Crippen molar-refractivity contribution in [1.82, 2.24) is 4.90 Å². The number of hydrogen-bond acceptors (Lipinski definition) is 22. The lowest BCUT2D eigenvalue weighted by atomic mass is 9.67. The minimum atomic E-state index is -5.48. The van der Waals surface area contributed by atoms with Gasteiger partial charge in [-0.15, -0.1) is 0 Å². The minimum Gasteiger partial charge on any atom is -0.504 e. The van der Waals surface area contributed by atoms with Crippen LogP contribution in [0.2, 0.25) is 0 Å². The van der Waals surface area contributed by atoms with Gasteiger partial charge in [0.2, 0.25) is 23.2 Å². The van der Waals surface area contributed by atoms with Gasteiger partial charge in [0.15, 0.2) is 23.0 Å². The molecule has 22 heteroatoms. The Labute approximate surface area is 225 Å².